The van der Waals surface area contributed by atoms with E-state index in [1.807, 2.05) is 6.92 Å². The lowest BCUT2D eigenvalue weighted by atomic mass is 10.2. The normalized spacial score (nSPS) is 10.3. The summed E-state index contributed by atoms with van der Waals surface area (Å²) in [5.74, 6) is 1.44. The van der Waals surface area contributed by atoms with Crippen molar-refractivity contribution in [2.45, 2.75) is 20.0 Å². The van der Waals surface area contributed by atoms with E-state index in [1.165, 1.54) is 6.07 Å². The van der Waals surface area contributed by atoms with Gasteiger partial charge in [-0.1, -0.05) is 23.7 Å². The van der Waals surface area contributed by atoms with Crippen LogP contribution in [0.1, 0.15) is 29.0 Å². The van der Waals surface area contributed by atoms with E-state index in [2.05, 4.69) is 10.1 Å². The maximum absolute atomic E-state index is 10.9. The largest absolute Gasteiger partial charge is 0.485 e. The third-order valence-electron chi connectivity index (χ3n) is 2.27. The second-order valence-electron chi connectivity index (χ2n) is 3.55. The molecule has 0 atom stereocenters. The van der Waals surface area contributed by atoms with Crippen LogP contribution in [0.25, 0.3) is 0 Å². The zero-order valence-electron chi connectivity index (χ0n) is 9.72. The van der Waals surface area contributed by atoms with Crippen LogP contribution in [0.2, 0.25) is 5.02 Å². The minimum absolute atomic E-state index is 0.145. The van der Waals surface area contributed by atoms with Crippen LogP contribution < -0.4 is 4.74 Å². The highest BCUT2D eigenvalue weighted by Gasteiger charge is 2.08. The second kappa shape index (κ2) is 5.64. The number of aldehydes is 1. The molecule has 0 aliphatic carbocycles. The third-order valence-corrected chi connectivity index (χ3v) is 2.50. The predicted octanol–water partition coefficient (Wildman–Crippen LogP) is 2.68. The van der Waals surface area contributed by atoms with E-state index in [1.54, 1.807) is 12.1 Å². The molecule has 0 N–H and O–H groups in total. The van der Waals surface area contributed by atoms with Gasteiger partial charge in [0.15, 0.2) is 12.9 Å². The van der Waals surface area contributed by atoms with Crippen molar-refractivity contribution in [2.24, 2.45) is 0 Å². The Balaban J connectivity index is 2.07. The summed E-state index contributed by atoms with van der Waals surface area (Å²) in [6.45, 7) is 2.06. The summed E-state index contributed by atoms with van der Waals surface area (Å²) in [7, 11) is 0. The average Bonchev–Trinajstić information content (AvgIpc) is 2.85. The van der Waals surface area contributed by atoms with Gasteiger partial charge in [-0.05, 0) is 18.2 Å². The zero-order valence-corrected chi connectivity index (χ0v) is 10.5. The van der Waals surface area contributed by atoms with Gasteiger partial charge in [0, 0.05) is 11.4 Å². The molecule has 18 heavy (non-hydrogen) atoms. The number of hydrogen-bond donors (Lipinski definition) is 0. The van der Waals surface area contributed by atoms with Crippen molar-refractivity contribution in [3.63, 3.8) is 0 Å². The molecular formula is C12H11ClN2O3. The summed E-state index contributed by atoms with van der Waals surface area (Å²) in [4.78, 5) is 15.0. The molecule has 0 unspecified atom stereocenters. The van der Waals surface area contributed by atoms with Gasteiger partial charge in [-0.3, -0.25) is 4.79 Å². The first-order chi connectivity index (χ1) is 8.72. The SMILES string of the molecule is CCc1nc(COc2ccc(Cl)cc2C=O)no1. The number of nitrogens with zero attached hydrogens (tertiary/aromatic N) is 2. The molecule has 0 aliphatic rings. The van der Waals surface area contributed by atoms with Crippen LogP contribution in [0.4, 0.5) is 0 Å². The number of carbonyl (C=O) groups excluding carboxylic acids is 1. The number of benzene rings is 1. The lowest BCUT2D eigenvalue weighted by Gasteiger charge is -2.05. The number of aromatic nitrogens is 2. The summed E-state index contributed by atoms with van der Waals surface area (Å²) < 4.78 is 10.4. The Kier molecular flexibility index (Phi) is 3.94. The number of carbonyl (C=O) groups is 1. The van der Waals surface area contributed by atoms with E-state index < -0.39 is 0 Å². The molecule has 1 aromatic carbocycles. The first kappa shape index (κ1) is 12.6. The van der Waals surface area contributed by atoms with Crippen LogP contribution in [0, 0.1) is 0 Å². The van der Waals surface area contributed by atoms with Crippen molar-refractivity contribution in [2.75, 3.05) is 0 Å². The molecule has 0 aliphatic heterocycles. The van der Waals surface area contributed by atoms with Crippen molar-refractivity contribution < 1.29 is 14.1 Å². The van der Waals surface area contributed by atoms with Gasteiger partial charge in [0.1, 0.15) is 5.75 Å². The molecule has 1 heterocycles. The lowest BCUT2D eigenvalue weighted by molar-refractivity contribution is 0.111. The molecule has 5 nitrogen and oxygen atoms in total. The van der Waals surface area contributed by atoms with E-state index in [0.717, 1.165) is 0 Å². The number of halogens is 1. The number of rotatable bonds is 5. The first-order valence-electron chi connectivity index (χ1n) is 5.42. The van der Waals surface area contributed by atoms with E-state index in [4.69, 9.17) is 20.9 Å². The Morgan fingerprint density at radius 3 is 3.00 bits per heavy atom. The molecule has 0 spiro atoms. The molecule has 6 heteroatoms. The summed E-state index contributed by atoms with van der Waals surface area (Å²) in [6.07, 6.45) is 1.36. The smallest absolute Gasteiger partial charge is 0.226 e. The molecule has 2 aromatic rings. The number of aryl methyl sites for hydroxylation is 1. The van der Waals surface area contributed by atoms with Crippen LogP contribution in [-0.2, 0) is 13.0 Å². The fraction of sp³-hybridized carbons (Fsp3) is 0.250. The molecular weight excluding hydrogens is 256 g/mol. The van der Waals surface area contributed by atoms with Crippen molar-refractivity contribution in [3.05, 3.63) is 40.5 Å². The number of hydrogen-bond acceptors (Lipinski definition) is 5. The lowest BCUT2D eigenvalue weighted by Crippen LogP contribution is -2.00. The van der Waals surface area contributed by atoms with E-state index in [0.29, 0.717) is 40.8 Å². The summed E-state index contributed by atoms with van der Waals surface area (Å²) in [5, 5.41) is 4.23. The summed E-state index contributed by atoms with van der Waals surface area (Å²) in [6, 6.07) is 4.82. The highest BCUT2D eigenvalue weighted by molar-refractivity contribution is 6.30. The molecule has 1 aromatic heterocycles. The van der Waals surface area contributed by atoms with Gasteiger partial charge < -0.3 is 9.26 Å². The quantitative estimate of drug-likeness (QED) is 0.779. The Morgan fingerprint density at radius 2 is 2.33 bits per heavy atom. The Bertz CT molecular complexity index is 554. The van der Waals surface area contributed by atoms with Gasteiger partial charge in [-0.25, -0.2) is 0 Å². The van der Waals surface area contributed by atoms with E-state index in [9.17, 15) is 4.79 Å². The molecule has 0 saturated carbocycles. The fourth-order valence-corrected chi connectivity index (χ4v) is 1.56. The topological polar surface area (TPSA) is 65.2 Å². The van der Waals surface area contributed by atoms with Crippen LogP contribution in [-0.4, -0.2) is 16.4 Å². The predicted molar refractivity (Wildman–Crippen MR) is 64.8 cm³/mol. The highest BCUT2D eigenvalue weighted by Crippen LogP contribution is 2.21. The van der Waals surface area contributed by atoms with Crippen molar-refractivity contribution in [1.29, 1.82) is 0 Å². The molecule has 0 bridgehead atoms. The summed E-state index contributed by atoms with van der Waals surface area (Å²) >= 11 is 5.78. The first-order valence-corrected chi connectivity index (χ1v) is 5.79. The molecule has 0 amide bonds. The van der Waals surface area contributed by atoms with E-state index in [-0.39, 0.29) is 6.61 Å². The van der Waals surface area contributed by atoms with Crippen molar-refractivity contribution in [3.8, 4) is 5.75 Å². The molecule has 0 radical (unpaired) electrons. The van der Waals surface area contributed by atoms with Gasteiger partial charge in [0.25, 0.3) is 0 Å². The number of ether oxygens (including phenoxy) is 1. The minimum atomic E-state index is 0.145. The maximum Gasteiger partial charge on any atom is 0.226 e. The van der Waals surface area contributed by atoms with Crippen molar-refractivity contribution in [1.82, 2.24) is 10.1 Å². The third kappa shape index (κ3) is 2.87. The van der Waals surface area contributed by atoms with Gasteiger partial charge in [-0.2, -0.15) is 4.98 Å². The van der Waals surface area contributed by atoms with E-state index >= 15 is 0 Å². The van der Waals surface area contributed by atoms with Crippen LogP contribution in [0.5, 0.6) is 5.75 Å². The Labute approximate surface area is 109 Å². The summed E-state index contributed by atoms with van der Waals surface area (Å²) in [5.41, 5.74) is 0.390. The average molecular weight is 267 g/mol. The Hall–Kier alpha value is -1.88. The monoisotopic (exact) mass is 266 g/mol. The molecule has 0 saturated heterocycles. The van der Waals surface area contributed by atoms with Gasteiger partial charge in [-0.15, -0.1) is 0 Å². The maximum atomic E-state index is 10.9. The van der Waals surface area contributed by atoms with Gasteiger partial charge >= 0.3 is 0 Å². The van der Waals surface area contributed by atoms with Crippen LogP contribution >= 0.6 is 11.6 Å². The zero-order chi connectivity index (χ0) is 13.0. The van der Waals surface area contributed by atoms with Crippen LogP contribution in [0.3, 0.4) is 0 Å². The van der Waals surface area contributed by atoms with Gasteiger partial charge in [0.2, 0.25) is 11.7 Å². The second-order valence-corrected chi connectivity index (χ2v) is 3.98. The molecule has 2 rings (SSSR count). The Morgan fingerprint density at radius 1 is 1.50 bits per heavy atom. The van der Waals surface area contributed by atoms with Crippen LogP contribution in [0.15, 0.2) is 22.7 Å². The highest BCUT2D eigenvalue weighted by atomic mass is 35.5. The molecule has 94 valence electrons. The van der Waals surface area contributed by atoms with Gasteiger partial charge in [0.05, 0.1) is 5.56 Å². The fourth-order valence-electron chi connectivity index (χ4n) is 1.38. The minimum Gasteiger partial charge on any atom is -0.485 e. The van der Waals surface area contributed by atoms with Crippen molar-refractivity contribution >= 4 is 17.9 Å². The molecule has 0 fully saturated rings. The standard InChI is InChI=1S/C12H11ClN2O3/c1-2-12-14-11(15-18-12)7-17-10-4-3-9(13)5-8(10)6-16/h3-6H,2,7H2,1H3.